The summed E-state index contributed by atoms with van der Waals surface area (Å²) in [5.74, 6) is -5.29. The lowest BCUT2D eigenvalue weighted by atomic mass is 9.98. The van der Waals surface area contributed by atoms with Crippen molar-refractivity contribution in [1.29, 1.82) is 0 Å². The number of hydrogen-bond acceptors (Lipinski definition) is 12. The van der Waals surface area contributed by atoms with Gasteiger partial charge in [-0.3, -0.25) is 28.8 Å². The van der Waals surface area contributed by atoms with Gasteiger partial charge < -0.3 is 38.8 Å². The standard InChI is InChI=1S/C24H29NO13/c1-11(23(31)32)25-22(30)16-8-6-7-9-17(16)37-24-21(36-15(5)29)20(35-14(4)28)19(34-13(3)27)18(38-24)10-33-12(2)26/h6-9,11,18-21,24H,10H2,1-5H3,(H,25,30)(H,31,32)/t11-,18-,19-,20+,21-,24-/m1/s1. The first-order valence-corrected chi connectivity index (χ1v) is 11.4. The Labute approximate surface area is 217 Å². The van der Waals surface area contributed by atoms with Crippen molar-refractivity contribution in [3.8, 4) is 5.75 Å². The molecule has 1 aliphatic heterocycles. The van der Waals surface area contributed by atoms with Crippen LogP contribution >= 0.6 is 0 Å². The fourth-order valence-electron chi connectivity index (χ4n) is 3.50. The first-order chi connectivity index (χ1) is 17.8. The van der Waals surface area contributed by atoms with E-state index in [9.17, 15) is 28.8 Å². The molecule has 2 rings (SSSR count). The summed E-state index contributed by atoms with van der Waals surface area (Å²) < 4.78 is 32.7. The number of carboxylic acid groups (broad SMARTS) is 1. The number of carbonyl (C=O) groups excluding carboxylic acids is 5. The maximum absolute atomic E-state index is 12.7. The Hall–Kier alpha value is -4.20. The van der Waals surface area contributed by atoms with Crippen molar-refractivity contribution in [1.82, 2.24) is 5.32 Å². The lowest BCUT2D eigenvalue weighted by Crippen LogP contribution is -2.63. The van der Waals surface area contributed by atoms with Crippen LogP contribution in [0.5, 0.6) is 5.75 Å². The summed E-state index contributed by atoms with van der Waals surface area (Å²) >= 11 is 0. The number of amides is 1. The highest BCUT2D eigenvalue weighted by Gasteiger charge is 2.53. The molecule has 1 aliphatic rings. The minimum Gasteiger partial charge on any atom is -0.480 e. The Balaban J connectivity index is 2.51. The second-order valence-corrected chi connectivity index (χ2v) is 8.22. The number of ether oxygens (including phenoxy) is 6. The third kappa shape index (κ3) is 8.44. The summed E-state index contributed by atoms with van der Waals surface area (Å²) in [7, 11) is 0. The number of carbonyl (C=O) groups is 6. The third-order valence-electron chi connectivity index (χ3n) is 5.04. The first-order valence-electron chi connectivity index (χ1n) is 11.4. The van der Waals surface area contributed by atoms with Crippen molar-refractivity contribution in [3.05, 3.63) is 29.8 Å². The fraction of sp³-hybridized carbons (Fsp3) is 0.500. The van der Waals surface area contributed by atoms with Crippen molar-refractivity contribution in [2.75, 3.05) is 6.61 Å². The van der Waals surface area contributed by atoms with E-state index in [2.05, 4.69) is 5.32 Å². The van der Waals surface area contributed by atoms with E-state index in [-0.39, 0.29) is 11.3 Å². The zero-order chi connectivity index (χ0) is 28.6. The predicted molar refractivity (Wildman–Crippen MR) is 124 cm³/mol. The van der Waals surface area contributed by atoms with Gasteiger partial charge in [-0.05, 0) is 19.1 Å². The second kappa shape index (κ2) is 13.4. The molecule has 1 amide bonds. The van der Waals surface area contributed by atoms with Crippen LogP contribution in [0.25, 0.3) is 0 Å². The first kappa shape index (κ1) is 30.0. The molecule has 1 fully saturated rings. The minimum atomic E-state index is -1.57. The van der Waals surface area contributed by atoms with E-state index in [0.717, 1.165) is 27.7 Å². The van der Waals surface area contributed by atoms with Crippen LogP contribution in [0.3, 0.4) is 0 Å². The second-order valence-electron chi connectivity index (χ2n) is 8.22. The van der Waals surface area contributed by atoms with Crippen LogP contribution in [0.15, 0.2) is 24.3 Å². The van der Waals surface area contributed by atoms with Crippen LogP contribution in [0, 0.1) is 0 Å². The highest BCUT2D eigenvalue weighted by Crippen LogP contribution is 2.32. The molecular formula is C24H29NO13. The molecule has 0 radical (unpaired) electrons. The van der Waals surface area contributed by atoms with Crippen LogP contribution in [0.1, 0.15) is 45.0 Å². The summed E-state index contributed by atoms with van der Waals surface area (Å²) in [6.07, 6.45) is -7.18. The lowest BCUT2D eigenvalue weighted by molar-refractivity contribution is -0.288. The van der Waals surface area contributed by atoms with Gasteiger partial charge in [0, 0.05) is 27.7 Å². The molecule has 14 nitrogen and oxygen atoms in total. The molecule has 6 atom stereocenters. The Kier molecular flexibility index (Phi) is 10.6. The summed E-state index contributed by atoms with van der Waals surface area (Å²) in [6.45, 7) is 5.17. The summed E-state index contributed by atoms with van der Waals surface area (Å²) in [4.78, 5) is 71.1. The van der Waals surface area contributed by atoms with E-state index >= 15 is 0 Å². The monoisotopic (exact) mass is 539 g/mol. The molecule has 1 heterocycles. The summed E-state index contributed by atoms with van der Waals surface area (Å²) in [6, 6.07) is 4.51. The van der Waals surface area contributed by atoms with Crippen molar-refractivity contribution in [2.24, 2.45) is 0 Å². The molecule has 1 aromatic rings. The molecule has 0 unspecified atom stereocenters. The highest BCUT2D eigenvalue weighted by molar-refractivity contribution is 5.98. The number of benzene rings is 1. The van der Waals surface area contributed by atoms with E-state index in [4.69, 9.17) is 33.5 Å². The van der Waals surface area contributed by atoms with Gasteiger partial charge in [-0.1, -0.05) is 12.1 Å². The predicted octanol–water partition coefficient (Wildman–Crippen LogP) is 0.351. The van der Waals surface area contributed by atoms with Gasteiger partial charge in [0.2, 0.25) is 12.4 Å². The largest absolute Gasteiger partial charge is 0.480 e. The SMILES string of the molecule is CC(=O)OC[C@H]1O[C@@H](Oc2ccccc2C(=O)N[C@H](C)C(=O)O)[C@H](OC(C)=O)[C@@H](OC(C)=O)[C@@H]1OC(C)=O. The Bertz CT molecular complexity index is 1070. The van der Waals surface area contributed by atoms with Gasteiger partial charge in [0.05, 0.1) is 5.56 Å². The number of nitrogens with one attached hydrogen (secondary N) is 1. The quantitative estimate of drug-likeness (QED) is 0.306. The maximum Gasteiger partial charge on any atom is 0.325 e. The normalized spacial score (nSPS) is 23.2. The molecular weight excluding hydrogens is 510 g/mol. The lowest BCUT2D eigenvalue weighted by Gasteiger charge is -2.44. The summed E-state index contributed by atoms with van der Waals surface area (Å²) in [5, 5.41) is 11.4. The molecule has 0 bridgehead atoms. The fourth-order valence-corrected chi connectivity index (χ4v) is 3.50. The molecule has 0 aromatic heterocycles. The highest BCUT2D eigenvalue weighted by atomic mass is 16.7. The van der Waals surface area contributed by atoms with Gasteiger partial charge in [0.15, 0.2) is 12.2 Å². The molecule has 208 valence electrons. The third-order valence-corrected chi connectivity index (χ3v) is 5.04. The van der Waals surface area contributed by atoms with Gasteiger partial charge in [-0.2, -0.15) is 0 Å². The smallest absolute Gasteiger partial charge is 0.325 e. The number of rotatable bonds is 10. The van der Waals surface area contributed by atoms with Crippen LogP contribution in [-0.2, 0) is 47.7 Å². The van der Waals surface area contributed by atoms with Crippen LogP contribution in [0.4, 0.5) is 0 Å². The van der Waals surface area contributed by atoms with Gasteiger partial charge in [0.25, 0.3) is 5.91 Å². The number of para-hydroxylation sites is 1. The van der Waals surface area contributed by atoms with Crippen LogP contribution in [0.2, 0.25) is 0 Å². The molecule has 0 spiro atoms. The van der Waals surface area contributed by atoms with E-state index in [1.165, 1.54) is 31.2 Å². The Morgan fingerprint density at radius 1 is 0.868 bits per heavy atom. The number of esters is 4. The molecule has 2 N–H and O–H groups in total. The van der Waals surface area contributed by atoms with Crippen LogP contribution < -0.4 is 10.1 Å². The molecule has 38 heavy (non-hydrogen) atoms. The Morgan fingerprint density at radius 3 is 1.97 bits per heavy atom. The average molecular weight is 539 g/mol. The van der Waals surface area contributed by atoms with Gasteiger partial charge in [-0.15, -0.1) is 0 Å². The minimum absolute atomic E-state index is 0.0894. The number of hydrogen-bond donors (Lipinski definition) is 2. The zero-order valence-corrected chi connectivity index (χ0v) is 21.3. The molecule has 1 aromatic carbocycles. The van der Waals surface area contributed by atoms with Crippen LogP contribution in [-0.4, -0.2) is 84.2 Å². The van der Waals surface area contributed by atoms with Crippen molar-refractivity contribution in [3.63, 3.8) is 0 Å². The van der Waals surface area contributed by atoms with E-state index in [1.807, 2.05) is 0 Å². The van der Waals surface area contributed by atoms with Gasteiger partial charge >= 0.3 is 29.8 Å². The summed E-state index contributed by atoms with van der Waals surface area (Å²) in [5.41, 5.74) is -0.0894. The molecule has 1 saturated heterocycles. The van der Waals surface area contributed by atoms with Crippen molar-refractivity contribution >= 4 is 35.8 Å². The Morgan fingerprint density at radius 2 is 1.42 bits per heavy atom. The van der Waals surface area contributed by atoms with E-state index in [1.54, 1.807) is 0 Å². The topological polar surface area (TPSA) is 190 Å². The maximum atomic E-state index is 12.7. The van der Waals surface area contributed by atoms with E-state index < -0.39 is 79.1 Å². The number of carboxylic acids is 1. The zero-order valence-electron chi connectivity index (χ0n) is 21.3. The van der Waals surface area contributed by atoms with Crippen molar-refractivity contribution < 1.29 is 62.3 Å². The van der Waals surface area contributed by atoms with Gasteiger partial charge in [-0.25, -0.2) is 0 Å². The molecule has 14 heteroatoms. The number of aliphatic carboxylic acids is 1. The van der Waals surface area contributed by atoms with Crippen molar-refractivity contribution in [2.45, 2.75) is 71.4 Å². The van der Waals surface area contributed by atoms with Gasteiger partial charge in [0.1, 0.15) is 24.5 Å². The van der Waals surface area contributed by atoms with E-state index in [0.29, 0.717) is 0 Å². The molecule has 0 aliphatic carbocycles. The average Bonchev–Trinajstić information content (AvgIpc) is 2.80. The molecule has 0 saturated carbocycles.